The summed E-state index contributed by atoms with van der Waals surface area (Å²) in [6.07, 6.45) is -17.2. The Morgan fingerprint density at radius 2 is 1.00 bits per heavy atom. The lowest BCUT2D eigenvalue weighted by molar-refractivity contribution is -0.324. The Balaban J connectivity index is 1.18. The van der Waals surface area contributed by atoms with Gasteiger partial charge in [0.2, 0.25) is 0 Å². The highest BCUT2D eigenvalue weighted by Gasteiger charge is 2.59. The molecular weight excluding hydrogens is 1090 g/mol. The van der Waals surface area contributed by atoms with Crippen LogP contribution < -0.4 is 0 Å². The zero-order chi connectivity index (χ0) is 58.7. The van der Waals surface area contributed by atoms with Gasteiger partial charge in [0.05, 0.1) is 51.0 Å². The Hall–Kier alpha value is -6.11. The van der Waals surface area contributed by atoms with E-state index < -0.39 is 120 Å². The Morgan fingerprint density at radius 1 is 0.530 bits per heavy atom. The van der Waals surface area contributed by atoms with Gasteiger partial charge in [0.1, 0.15) is 54.3 Å². The number of hydrogen-bond acceptors (Lipinski definition) is 20. The van der Waals surface area contributed by atoms with E-state index >= 15 is 0 Å². The Bertz CT molecular complexity index is 2770. The van der Waals surface area contributed by atoms with Crippen molar-refractivity contribution < 1.29 is 91.0 Å². The average molecular weight is 1170 g/mol. The van der Waals surface area contributed by atoms with Crippen LogP contribution in [0.25, 0.3) is 0 Å². The minimum Gasteiger partial charge on any atom is -0.463 e. The molecule has 3 fully saturated rings. The number of benzene rings is 5. The number of hydrogen-bond donors (Lipinski definition) is 2. The first kappa shape index (κ1) is 62.9. The van der Waals surface area contributed by atoms with Crippen molar-refractivity contribution in [2.24, 2.45) is 0 Å². The van der Waals surface area contributed by atoms with E-state index in [-0.39, 0.29) is 52.5 Å². The minimum atomic E-state index is -1.80. The number of esters is 4. The summed E-state index contributed by atoms with van der Waals surface area (Å²) in [7, 11) is 1.34. The molecule has 2 N–H and O–H groups in total. The Labute approximate surface area is 488 Å². The molecule has 8 rings (SSSR count). The van der Waals surface area contributed by atoms with E-state index in [4.69, 9.17) is 61.6 Å². The lowest BCUT2D eigenvalue weighted by Gasteiger charge is -2.50. The summed E-state index contributed by atoms with van der Waals surface area (Å²) < 4.78 is 82.0. The van der Waals surface area contributed by atoms with Crippen molar-refractivity contribution in [1.82, 2.24) is 0 Å². The topological polar surface area (TPSA) is 229 Å². The number of carbonyl (C=O) groups is 4. The smallest absolute Gasteiger partial charge is 0.303 e. The quantitative estimate of drug-likeness (QED) is 0.0369. The number of aliphatic hydroxyl groups excluding tert-OH is 1. The van der Waals surface area contributed by atoms with Crippen molar-refractivity contribution in [2.75, 3.05) is 20.3 Å². The van der Waals surface area contributed by atoms with Crippen LogP contribution in [0.15, 0.2) is 152 Å². The first-order valence-electron chi connectivity index (χ1n) is 27.6. The maximum absolute atomic E-state index is 13.8. The van der Waals surface area contributed by atoms with Crippen molar-refractivity contribution in [3.8, 4) is 0 Å². The molecule has 0 aromatic heterocycles. The predicted octanol–water partition coefficient (Wildman–Crippen LogP) is 7.33. The van der Waals surface area contributed by atoms with Gasteiger partial charge in [0.25, 0.3) is 0 Å². The van der Waals surface area contributed by atoms with Crippen LogP contribution in [0.1, 0.15) is 68.4 Å². The lowest BCUT2D eigenvalue weighted by atomic mass is 9.92. The van der Waals surface area contributed by atoms with Gasteiger partial charge in [0.15, 0.2) is 30.9 Å². The van der Waals surface area contributed by atoms with Gasteiger partial charge >= 0.3 is 23.9 Å². The molecule has 446 valence electrons. The second-order valence-corrected chi connectivity index (χ2v) is 22.0. The van der Waals surface area contributed by atoms with Crippen molar-refractivity contribution in [1.29, 1.82) is 0 Å². The summed E-state index contributed by atoms with van der Waals surface area (Å²) in [5.41, 5.74) is 4.41. The zero-order valence-electron chi connectivity index (χ0n) is 47.1. The van der Waals surface area contributed by atoms with Gasteiger partial charge in [0, 0.05) is 34.8 Å². The van der Waals surface area contributed by atoms with Gasteiger partial charge in [-0.25, -0.2) is 0 Å². The van der Waals surface area contributed by atoms with Crippen LogP contribution in [0, 0.1) is 0 Å². The van der Waals surface area contributed by atoms with E-state index in [1.807, 2.05) is 152 Å². The maximum Gasteiger partial charge on any atom is 0.303 e. The molecule has 0 bridgehead atoms. The highest BCUT2D eigenvalue weighted by atomic mass is 32.2. The zero-order valence-corrected chi connectivity index (χ0v) is 47.9. The summed E-state index contributed by atoms with van der Waals surface area (Å²) >= 11 is 1.25. The van der Waals surface area contributed by atoms with E-state index in [1.54, 1.807) is 0 Å². The Kier molecular flexibility index (Phi) is 23.6. The number of rotatable bonds is 28. The third-order valence-electron chi connectivity index (χ3n) is 14.2. The molecule has 3 aliphatic heterocycles. The van der Waals surface area contributed by atoms with E-state index in [1.165, 1.54) is 18.9 Å². The van der Waals surface area contributed by atoms with Gasteiger partial charge < -0.3 is 71.8 Å². The molecule has 20 heteroatoms. The largest absolute Gasteiger partial charge is 0.463 e. The van der Waals surface area contributed by atoms with Crippen molar-refractivity contribution in [3.05, 3.63) is 179 Å². The molecule has 83 heavy (non-hydrogen) atoms. The standard InChI is InChI=1S/C63H74O19S/c1-40(64)72-38-50-54(77-41(2)65)57(78-42(3)66)59(79-43(4)67)62(80-50)82-56-52(68)61(70-5)81-53(56)49(73-34-45-23-13-7-14-24-45)31-32-63(69)60(76-37-48-29-19-10-20-30-48)58(75-36-47-27-17-9-18-28-47)55(74-35-46-25-15-8-16-26-46)51(83-63)39-71-33-44-21-11-6-12-22-44/h6-30,49-62,68-69H,31-39H2,1-5H3/t49-,50-,51-,52+,53-,54-,55-,56-,57+,58+,59+,60+,61+,62-,63+/m1/s1. The molecule has 0 saturated carbocycles. The third kappa shape index (κ3) is 18.0. The monoisotopic (exact) mass is 1170 g/mol. The summed E-state index contributed by atoms with van der Waals surface area (Å²) in [5.74, 6) is -3.22. The first-order valence-corrected chi connectivity index (χ1v) is 28.5. The summed E-state index contributed by atoms with van der Waals surface area (Å²) in [4.78, 5) is 48.6. The normalized spacial score (nSPS) is 28.2. The predicted molar refractivity (Wildman–Crippen MR) is 300 cm³/mol. The number of thioether (sulfide) groups is 1. The fraction of sp³-hybridized carbons (Fsp3) is 0.460. The van der Waals surface area contributed by atoms with Gasteiger partial charge in [-0.3, -0.25) is 19.2 Å². The van der Waals surface area contributed by atoms with Gasteiger partial charge in [-0.15, -0.1) is 11.8 Å². The van der Waals surface area contributed by atoms with Crippen LogP contribution in [-0.2, 0) is 114 Å². The molecule has 15 atom stereocenters. The first-order chi connectivity index (χ1) is 40.2. The summed E-state index contributed by atoms with van der Waals surface area (Å²) in [6, 6.07) is 48.2. The fourth-order valence-electron chi connectivity index (χ4n) is 10.4. The number of aliphatic hydroxyl groups is 2. The lowest BCUT2D eigenvalue weighted by Crippen LogP contribution is -2.64. The highest BCUT2D eigenvalue weighted by Crippen LogP contribution is 2.48. The molecule has 19 nitrogen and oxygen atoms in total. The molecule has 0 aliphatic carbocycles. The van der Waals surface area contributed by atoms with Crippen LogP contribution in [-0.4, -0.2) is 144 Å². The van der Waals surface area contributed by atoms with Gasteiger partial charge in [-0.2, -0.15) is 0 Å². The molecule has 0 amide bonds. The van der Waals surface area contributed by atoms with Crippen LogP contribution in [0.3, 0.4) is 0 Å². The minimum absolute atomic E-state index is 0.00627. The van der Waals surface area contributed by atoms with Crippen LogP contribution in [0.5, 0.6) is 0 Å². The second kappa shape index (κ2) is 31.2. The van der Waals surface area contributed by atoms with Crippen LogP contribution >= 0.6 is 11.8 Å². The molecule has 0 radical (unpaired) electrons. The van der Waals surface area contributed by atoms with Gasteiger partial charge in [-0.05, 0) is 40.7 Å². The van der Waals surface area contributed by atoms with Crippen molar-refractivity contribution >= 4 is 35.6 Å². The molecule has 3 heterocycles. The SMILES string of the molecule is CO[C@H]1O[C@H]([C@@H](CC[C@]2(O)S[C@H](COCc3ccccc3)[C@@H](OCc3ccccc3)[C@H](OCc3ccccc3)[C@@H]2OCc2ccccc2)OCc2ccccc2)[C@H](O[C@H]2O[C@H](COC(C)=O)[C@@H](OC(C)=O)[C@H](OC(C)=O)[C@@H]2OC(C)=O)[C@@H]1O. The summed E-state index contributed by atoms with van der Waals surface area (Å²) in [6.45, 7) is 4.86. The van der Waals surface area contributed by atoms with Crippen LogP contribution in [0.4, 0.5) is 0 Å². The molecule has 0 spiro atoms. The van der Waals surface area contributed by atoms with Gasteiger partial charge in [-0.1, -0.05) is 152 Å². The van der Waals surface area contributed by atoms with Crippen molar-refractivity contribution in [2.45, 2.75) is 163 Å². The number of ether oxygens (including phenoxy) is 13. The molecular formula is C63H74O19S. The number of carbonyl (C=O) groups excluding carboxylic acids is 4. The molecule has 5 aromatic carbocycles. The molecule has 0 unspecified atom stereocenters. The summed E-state index contributed by atoms with van der Waals surface area (Å²) in [5, 5.41) is 25.4. The van der Waals surface area contributed by atoms with Crippen LogP contribution in [0.2, 0.25) is 0 Å². The van der Waals surface area contributed by atoms with E-state index in [2.05, 4.69) is 0 Å². The van der Waals surface area contributed by atoms with Crippen molar-refractivity contribution in [3.63, 3.8) is 0 Å². The maximum atomic E-state index is 13.8. The second-order valence-electron chi connectivity index (χ2n) is 20.5. The Morgan fingerprint density at radius 3 is 1.51 bits per heavy atom. The fourth-order valence-corrected chi connectivity index (χ4v) is 12.0. The molecule has 3 saturated heterocycles. The molecule has 3 aliphatic rings. The molecule has 5 aromatic rings. The van der Waals surface area contributed by atoms with E-state index in [0.29, 0.717) is 0 Å². The van der Waals surface area contributed by atoms with E-state index in [9.17, 15) is 29.4 Å². The average Bonchev–Trinajstić information content (AvgIpc) is 3.91. The third-order valence-corrected chi connectivity index (χ3v) is 15.7. The van der Waals surface area contributed by atoms with E-state index in [0.717, 1.165) is 55.5 Å². The highest BCUT2D eigenvalue weighted by molar-refractivity contribution is 8.01. The number of methoxy groups -OCH3 is 1.